The summed E-state index contributed by atoms with van der Waals surface area (Å²) in [5.41, 5.74) is 2.89. The molecule has 13 heteroatoms. The standard InChI is InChI=1S/C33H31F2N3O6S2/c1-20-16-23(30(44-15-12-37-10-13-43-14-11-37)25(17-20)22-4-7-26(34)27(35)18-22)19-28-31(40)38(33(45)46-28)9-8-29(39)36-24-5-2-21(3-6-24)32(41)42/h2-7,16-19H,8-15H2,1H3,(H,36,39)(H,41,42)/b28-19-. The third-order valence-corrected chi connectivity index (χ3v) is 8.77. The van der Waals surface area contributed by atoms with Gasteiger partial charge in [0.15, 0.2) is 11.6 Å². The van der Waals surface area contributed by atoms with Crippen LogP contribution in [0.25, 0.3) is 17.2 Å². The van der Waals surface area contributed by atoms with Gasteiger partial charge in [-0.15, -0.1) is 0 Å². The first-order valence-corrected chi connectivity index (χ1v) is 15.7. The Kier molecular flexibility index (Phi) is 10.8. The number of carbonyl (C=O) groups excluding carboxylic acids is 2. The third-order valence-electron chi connectivity index (χ3n) is 7.39. The highest BCUT2D eigenvalue weighted by molar-refractivity contribution is 8.26. The van der Waals surface area contributed by atoms with Crippen molar-refractivity contribution in [3.05, 3.63) is 87.8 Å². The molecule has 9 nitrogen and oxygen atoms in total. The van der Waals surface area contributed by atoms with Crippen LogP contribution in [0.4, 0.5) is 14.5 Å². The van der Waals surface area contributed by atoms with Crippen LogP contribution in [0.1, 0.15) is 27.9 Å². The minimum Gasteiger partial charge on any atom is -0.491 e. The van der Waals surface area contributed by atoms with E-state index < -0.39 is 17.6 Å². The molecule has 240 valence electrons. The average molecular weight is 668 g/mol. The summed E-state index contributed by atoms with van der Waals surface area (Å²) >= 11 is 6.57. The van der Waals surface area contributed by atoms with Gasteiger partial charge >= 0.3 is 5.97 Å². The predicted molar refractivity (Wildman–Crippen MR) is 176 cm³/mol. The predicted octanol–water partition coefficient (Wildman–Crippen LogP) is 5.58. The minimum atomic E-state index is -1.07. The number of rotatable bonds is 11. The number of thioether (sulfide) groups is 1. The molecule has 5 rings (SSSR count). The Balaban J connectivity index is 1.35. The van der Waals surface area contributed by atoms with Crippen LogP contribution in [0.2, 0.25) is 0 Å². The van der Waals surface area contributed by atoms with Crippen LogP contribution in [0.15, 0.2) is 59.5 Å². The summed E-state index contributed by atoms with van der Waals surface area (Å²) in [4.78, 5) is 41.0. The van der Waals surface area contributed by atoms with Gasteiger partial charge in [0.25, 0.3) is 5.91 Å². The van der Waals surface area contributed by atoms with Crippen molar-refractivity contribution >= 4 is 57.8 Å². The number of hydrogen-bond acceptors (Lipinski definition) is 8. The van der Waals surface area contributed by atoms with Crippen LogP contribution in [-0.4, -0.2) is 83.0 Å². The highest BCUT2D eigenvalue weighted by Crippen LogP contribution is 2.39. The monoisotopic (exact) mass is 667 g/mol. The van der Waals surface area contributed by atoms with Crippen molar-refractivity contribution in [2.24, 2.45) is 0 Å². The molecule has 0 aliphatic carbocycles. The number of benzene rings is 3. The molecule has 2 N–H and O–H groups in total. The SMILES string of the molecule is Cc1cc(/C=C2\SC(=S)N(CCC(=O)Nc3ccc(C(=O)O)cc3)C2=O)c(OCCN2CCOCC2)c(-c2ccc(F)c(F)c2)c1. The Morgan fingerprint density at radius 3 is 2.50 bits per heavy atom. The maximum atomic E-state index is 14.3. The fourth-order valence-corrected chi connectivity index (χ4v) is 6.32. The van der Waals surface area contributed by atoms with E-state index in [1.54, 1.807) is 6.08 Å². The van der Waals surface area contributed by atoms with Gasteiger partial charge in [0, 0.05) is 49.4 Å². The highest BCUT2D eigenvalue weighted by atomic mass is 32.2. The van der Waals surface area contributed by atoms with Gasteiger partial charge in [-0.3, -0.25) is 19.4 Å². The summed E-state index contributed by atoms with van der Waals surface area (Å²) < 4.78 is 40.1. The van der Waals surface area contributed by atoms with Gasteiger partial charge in [-0.2, -0.15) is 0 Å². The molecule has 0 saturated carbocycles. The van der Waals surface area contributed by atoms with Crippen LogP contribution in [-0.2, 0) is 14.3 Å². The summed E-state index contributed by atoms with van der Waals surface area (Å²) in [5.74, 6) is -3.33. The number of amides is 2. The smallest absolute Gasteiger partial charge is 0.335 e. The zero-order valence-corrected chi connectivity index (χ0v) is 26.5. The number of thiocarbonyl (C=S) groups is 1. The van der Waals surface area contributed by atoms with Gasteiger partial charge in [0.2, 0.25) is 5.91 Å². The van der Waals surface area contributed by atoms with Crippen LogP contribution in [0.3, 0.4) is 0 Å². The van der Waals surface area contributed by atoms with E-state index >= 15 is 0 Å². The molecule has 3 aromatic carbocycles. The Hall–Kier alpha value is -4.17. The zero-order valence-electron chi connectivity index (χ0n) is 24.9. The highest BCUT2D eigenvalue weighted by Gasteiger charge is 2.32. The van der Waals surface area contributed by atoms with Crippen molar-refractivity contribution in [1.82, 2.24) is 9.80 Å². The Morgan fingerprint density at radius 2 is 1.80 bits per heavy atom. The number of halogens is 2. The van der Waals surface area contributed by atoms with Crippen LogP contribution >= 0.6 is 24.0 Å². The van der Waals surface area contributed by atoms with E-state index in [1.165, 1.54) is 35.2 Å². The molecule has 0 spiro atoms. The van der Waals surface area contributed by atoms with Gasteiger partial charge in [0.1, 0.15) is 16.7 Å². The van der Waals surface area contributed by atoms with E-state index in [9.17, 15) is 23.2 Å². The van der Waals surface area contributed by atoms with E-state index in [2.05, 4.69) is 10.2 Å². The first-order chi connectivity index (χ1) is 22.1. The van der Waals surface area contributed by atoms with Crippen LogP contribution in [0, 0.1) is 18.6 Å². The third kappa shape index (κ3) is 8.15. The Bertz CT molecular complexity index is 1690. The van der Waals surface area contributed by atoms with Crippen molar-refractivity contribution in [3.8, 4) is 16.9 Å². The van der Waals surface area contributed by atoms with E-state index in [4.69, 9.17) is 26.8 Å². The number of carbonyl (C=O) groups is 3. The molecule has 46 heavy (non-hydrogen) atoms. The van der Waals surface area contributed by atoms with Crippen molar-refractivity contribution < 1.29 is 37.7 Å². The topological polar surface area (TPSA) is 108 Å². The number of carboxylic acids is 1. The molecule has 2 fully saturated rings. The molecule has 0 unspecified atom stereocenters. The number of nitrogens with zero attached hydrogens (tertiary/aromatic N) is 2. The van der Waals surface area contributed by atoms with Gasteiger partial charge in [-0.1, -0.05) is 30.0 Å². The lowest BCUT2D eigenvalue weighted by molar-refractivity contribution is -0.122. The van der Waals surface area contributed by atoms with Gasteiger partial charge in [0.05, 0.1) is 23.7 Å². The van der Waals surface area contributed by atoms with Crippen molar-refractivity contribution in [1.29, 1.82) is 0 Å². The number of morpholine rings is 1. The van der Waals surface area contributed by atoms with E-state index in [1.807, 2.05) is 19.1 Å². The molecule has 0 radical (unpaired) electrons. The van der Waals surface area contributed by atoms with Gasteiger partial charge in [-0.05, 0) is 72.7 Å². The van der Waals surface area contributed by atoms with Gasteiger partial charge < -0.3 is 19.9 Å². The number of aryl methyl sites for hydroxylation is 1. The first-order valence-electron chi connectivity index (χ1n) is 14.5. The first kappa shape index (κ1) is 33.2. The maximum absolute atomic E-state index is 14.3. The van der Waals surface area contributed by atoms with Crippen molar-refractivity contribution in [2.75, 3.05) is 51.3 Å². The number of anilines is 1. The number of ether oxygens (including phenoxy) is 2. The number of hydrogen-bond donors (Lipinski definition) is 2. The molecule has 2 amide bonds. The van der Waals surface area contributed by atoms with Crippen molar-refractivity contribution in [3.63, 3.8) is 0 Å². The molecule has 3 aromatic rings. The summed E-state index contributed by atoms with van der Waals surface area (Å²) in [6, 6.07) is 13.1. The molecule has 0 bridgehead atoms. The summed E-state index contributed by atoms with van der Waals surface area (Å²) in [6.07, 6.45) is 1.63. The number of aromatic carboxylic acids is 1. The maximum Gasteiger partial charge on any atom is 0.335 e. The Labute approximate surface area is 274 Å². The lowest BCUT2D eigenvalue weighted by Crippen LogP contribution is -2.38. The molecule has 2 aliphatic heterocycles. The zero-order chi connectivity index (χ0) is 32.8. The second kappa shape index (κ2) is 14.9. The lowest BCUT2D eigenvalue weighted by Gasteiger charge is -2.26. The van der Waals surface area contributed by atoms with Gasteiger partial charge in [-0.25, -0.2) is 13.6 Å². The molecule has 0 atom stereocenters. The second-order valence-electron chi connectivity index (χ2n) is 10.7. The summed E-state index contributed by atoms with van der Waals surface area (Å²) in [5, 5.41) is 11.7. The van der Waals surface area contributed by atoms with E-state index in [0.29, 0.717) is 59.4 Å². The van der Waals surface area contributed by atoms with Crippen LogP contribution in [0.5, 0.6) is 5.75 Å². The molecule has 2 saturated heterocycles. The second-order valence-corrected chi connectivity index (χ2v) is 12.4. The molecule has 2 heterocycles. The summed E-state index contributed by atoms with van der Waals surface area (Å²) in [6.45, 7) is 5.67. The molecular weight excluding hydrogens is 637 g/mol. The average Bonchev–Trinajstić information content (AvgIpc) is 3.30. The fraction of sp³-hybridized carbons (Fsp3) is 0.273. The number of nitrogens with one attached hydrogen (secondary N) is 1. The molecule has 2 aliphatic rings. The summed E-state index contributed by atoms with van der Waals surface area (Å²) in [7, 11) is 0. The quantitative estimate of drug-likeness (QED) is 0.200. The van der Waals surface area contributed by atoms with E-state index in [-0.39, 0.29) is 34.7 Å². The van der Waals surface area contributed by atoms with E-state index in [0.717, 1.165) is 42.5 Å². The number of carboxylic acid groups (broad SMARTS) is 1. The minimum absolute atomic E-state index is 0.0396. The van der Waals surface area contributed by atoms with Crippen molar-refractivity contribution in [2.45, 2.75) is 13.3 Å². The lowest BCUT2D eigenvalue weighted by atomic mass is 9.98. The Morgan fingerprint density at radius 1 is 1.07 bits per heavy atom. The molecular formula is C33H31F2N3O6S2. The van der Waals surface area contributed by atoms with Crippen LogP contribution < -0.4 is 10.1 Å². The largest absolute Gasteiger partial charge is 0.491 e. The molecule has 0 aromatic heterocycles. The fourth-order valence-electron chi connectivity index (χ4n) is 5.02. The normalized spacial score (nSPS) is 16.2.